The van der Waals surface area contributed by atoms with Gasteiger partial charge >= 0.3 is 5.97 Å². The molecule has 0 bridgehead atoms. The predicted molar refractivity (Wildman–Crippen MR) is 105 cm³/mol. The third kappa shape index (κ3) is 4.29. The van der Waals surface area contributed by atoms with Gasteiger partial charge in [-0.3, -0.25) is 0 Å². The van der Waals surface area contributed by atoms with Crippen LogP contribution in [0.25, 0.3) is 11.4 Å². The van der Waals surface area contributed by atoms with Crippen molar-refractivity contribution in [2.75, 3.05) is 0 Å². The monoisotopic (exact) mass is 382 g/mol. The Bertz CT molecular complexity index is 1050. The number of carboxylic acids is 1. The van der Waals surface area contributed by atoms with Gasteiger partial charge in [-0.1, -0.05) is 30.3 Å². The summed E-state index contributed by atoms with van der Waals surface area (Å²) in [5.74, 6) is 0.188. The van der Waals surface area contributed by atoms with Crippen molar-refractivity contribution < 1.29 is 14.6 Å². The first kappa shape index (κ1) is 18.5. The summed E-state index contributed by atoms with van der Waals surface area (Å²) in [4.78, 5) is 11.3. The number of rotatable bonds is 6. The molecule has 0 unspecified atom stereocenters. The zero-order chi connectivity index (χ0) is 19.4. The minimum atomic E-state index is -1.02. The van der Waals surface area contributed by atoms with E-state index < -0.39 is 5.97 Å². The lowest BCUT2D eigenvalue weighted by Gasteiger charge is -2.10. The van der Waals surface area contributed by atoms with Gasteiger partial charge in [-0.25, -0.2) is 9.89 Å². The van der Waals surface area contributed by atoms with E-state index in [4.69, 9.17) is 17.0 Å². The maximum atomic E-state index is 11.3. The van der Waals surface area contributed by atoms with E-state index in [1.165, 1.54) is 17.0 Å². The molecule has 3 rings (SSSR count). The minimum Gasteiger partial charge on any atom is -0.491 e. The number of benzene rings is 2. The van der Waals surface area contributed by atoms with Crippen LogP contribution in [0.2, 0.25) is 0 Å². The van der Waals surface area contributed by atoms with Crippen LogP contribution in [0.3, 0.4) is 0 Å². The molecule has 3 aromatic rings. The Kier molecular flexibility index (Phi) is 5.46. The number of H-pyrrole nitrogens is 1. The summed E-state index contributed by atoms with van der Waals surface area (Å²) in [5.41, 5.74) is 1.39. The summed E-state index contributed by atoms with van der Waals surface area (Å²) in [6.07, 6.45) is 1.50. The first-order chi connectivity index (χ1) is 13.0. The molecule has 0 radical (unpaired) electrons. The molecule has 0 aliphatic rings. The van der Waals surface area contributed by atoms with Crippen molar-refractivity contribution in [2.24, 2.45) is 5.10 Å². The topological polar surface area (TPSA) is 92.5 Å². The number of carbonyl (C=O) groups is 1. The largest absolute Gasteiger partial charge is 0.491 e. The van der Waals surface area contributed by atoms with Crippen LogP contribution in [0.4, 0.5) is 0 Å². The van der Waals surface area contributed by atoms with Crippen molar-refractivity contribution in [3.8, 4) is 17.1 Å². The molecule has 138 valence electrons. The molecule has 0 aliphatic carbocycles. The van der Waals surface area contributed by atoms with E-state index in [1.54, 1.807) is 18.2 Å². The second kappa shape index (κ2) is 7.96. The zero-order valence-corrected chi connectivity index (χ0v) is 15.6. The van der Waals surface area contributed by atoms with E-state index in [-0.39, 0.29) is 11.7 Å². The first-order valence-corrected chi connectivity index (χ1v) is 8.67. The summed E-state index contributed by atoms with van der Waals surface area (Å²) in [5, 5.41) is 20.6. The van der Waals surface area contributed by atoms with E-state index in [9.17, 15) is 9.90 Å². The first-order valence-electron chi connectivity index (χ1n) is 8.27. The van der Waals surface area contributed by atoms with E-state index in [1.807, 2.05) is 38.1 Å². The Hall–Kier alpha value is -3.26. The highest BCUT2D eigenvalue weighted by atomic mass is 32.1. The summed E-state index contributed by atoms with van der Waals surface area (Å²) in [6.45, 7) is 3.90. The van der Waals surface area contributed by atoms with Crippen LogP contribution < -0.4 is 4.74 Å². The van der Waals surface area contributed by atoms with Crippen LogP contribution in [-0.2, 0) is 0 Å². The molecular weight excluding hydrogens is 364 g/mol. The quantitative estimate of drug-likeness (QED) is 0.497. The summed E-state index contributed by atoms with van der Waals surface area (Å²) < 4.78 is 7.46. The normalized spacial score (nSPS) is 11.2. The standard InChI is InChI=1S/C19H18N4O3S/c1-12(2)26-15-8-5-7-13(10-15)17-21-22-19(27)23(17)20-11-14-6-3-4-9-16(14)18(24)25/h3-12H,1-2H3,(H,22,27)(H,24,25). The molecule has 1 heterocycles. The van der Waals surface area contributed by atoms with E-state index in [0.29, 0.717) is 21.9 Å². The van der Waals surface area contributed by atoms with Crippen molar-refractivity contribution >= 4 is 24.4 Å². The summed E-state index contributed by atoms with van der Waals surface area (Å²) >= 11 is 5.26. The fourth-order valence-corrected chi connectivity index (χ4v) is 2.67. The number of ether oxygens (including phenoxy) is 1. The van der Waals surface area contributed by atoms with Gasteiger partial charge in [-0.15, -0.1) is 0 Å². The highest BCUT2D eigenvalue weighted by Crippen LogP contribution is 2.23. The molecular formula is C19H18N4O3S. The summed E-state index contributed by atoms with van der Waals surface area (Å²) in [7, 11) is 0. The lowest BCUT2D eigenvalue weighted by Crippen LogP contribution is -2.05. The Morgan fingerprint density at radius 2 is 2.07 bits per heavy atom. The second-order valence-electron chi connectivity index (χ2n) is 6.00. The van der Waals surface area contributed by atoms with Gasteiger partial charge in [-0.05, 0) is 44.3 Å². The van der Waals surface area contributed by atoms with Crippen molar-refractivity contribution in [2.45, 2.75) is 20.0 Å². The number of aromatic amines is 1. The molecule has 0 aliphatic heterocycles. The van der Waals surface area contributed by atoms with E-state index in [2.05, 4.69) is 15.3 Å². The molecule has 27 heavy (non-hydrogen) atoms. The second-order valence-corrected chi connectivity index (χ2v) is 6.38. The van der Waals surface area contributed by atoms with Crippen LogP contribution in [0.1, 0.15) is 29.8 Å². The van der Waals surface area contributed by atoms with Gasteiger partial charge in [0.25, 0.3) is 0 Å². The van der Waals surface area contributed by atoms with Crippen LogP contribution in [-0.4, -0.2) is 38.3 Å². The van der Waals surface area contributed by atoms with Crippen molar-refractivity contribution in [3.63, 3.8) is 0 Å². The lowest BCUT2D eigenvalue weighted by molar-refractivity contribution is 0.0696. The van der Waals surface area contributed by atoms with Gasteiger partial charge in [0, 0.05) is 11.1 Å². The number of nitrogens with zero attached hydrogens (tertiary/aromatic N) is 3. The van der Waals surface area contributed by atoms with Crippen molar-refractivity contribution in [1.82, 2.24) is 14.9 Å². The van der Waals surface area contributed by atoms with Gasteiger partial charge in [0.2, 0.25) is 4.77 Å². The lowest BCUT2D eigenvalue weighted by atomic mass is 10.1. The van der Waals surface area contributed by atoms with Crippen molar-refractivity contribution in [3.05, 3.63) is 64.4 Å². The third-order valence-corrected chi connectivity index (χ3v) is 3.88. The predicted octanol–water partition coefficient (Wildman–Crippen LogP) is 3.98. The third-order valence-electron chi connectivity index (χ3n) is 3.62. The number of hydrogen-bond acceptors (Lipinski definition) is 5. The molecule has 0 fully saturated rings. The molecule has 8 heteroatoms. The molecule has 0 saturated carbocycles. The average Bonchev–Trinajstić information content (AvgIpc) is 3.00. The van der Waals surface area contributed by atoms with Gasteiger partial charge in [0.15, 0.2) is 5.82 Å². The molecule has 2 N–H and O–H groups in total. The fraction of sp³-hybridized carbons (Fsp3) is 0.158. The number of aromatic nitrogens is 3. The number of carboxylic acid groups (broad SMARTS) is 1. The number of hydrogen-bond donors (Lipinski definition) is 2. The molecule has 0 amide bonds. The molecule has 0 spiro atoms. The highest BCUT2D eigenvalue weighted by Gasteiger charge is 2.11. The van der Waals surface area contributed by atoms with Crippen LogP contribution in [0, 0.1) is 4.77 Å². The Morgan fingerprint density at radius 1 is 1.30 bits per heavy atom. The maximum Gasteiger partial charge on any atom is 0.336 e. The van der Waals surface area contributed by atoms with Gasteiger partial charge in [-0.2, -0.15) is 14.9 Å². The van der Waals surface area contributed by atoms with Crippen molar-refractivity contribution in [1.29, 1.82) is 0 Å². The molecule has 7 nitrogen and oxygen atoms in total. The summed E-state index contributed by atoms with van der Waals surface area (Å²) in [6, 6.07) is 14.0. The SMILES string of the molecule is CC(C)Oc1cccc(-c2n[nH]c(=S)n2N=Cc2ccccc2C(=O)O)c1. The van der Waals surface area contributed by atoms with E-state index >= 15 is 0 Å². The van der Waals surface area contributed by atoms with Gasteiger partial charge in [0.1, 0.15) is 5.75 Å². The Labute approximate surface area is 160 Å². The fourth-order valence-electron chi connectivity index (χ4n) is 2.49. The molecule has 1 aromatic heterocycles. The minimum absolute atomic E-state index is 0.0478. The molecule has 0 saturated heterocycles. The van der Waals surface area contributed by atoms with Gasteiger partial charge < -0.3 is 9.84 Å². The van der Waals surface area contributed by atoms with E-state index in [0.717, 1.165) is 5.56 Å². The molecule has 0 atom stereocenters. The van der Waals surface area contributed by atoms with Crippen LogP contribution in [0.5, 0.6) is 5.75 Å². The van der Waals surface area contributed by atoms with Crippen LogP contribution in [0.15, 0.2) is 53.6 Å². The Morgan fingerprint density at radius 3 is 2.81 bits per heavy atom. The molecule has 2 aromatic carbocycles. The zero-order valence-electron chi connectivity index (χ0n) is 14.8. The van der Waals surface area contributed by atoms with Gasteiger partial charge in [0.05, 0.1) is 17.9 Å². The smallest absolute Gasteiger partial charge is 0.336 e. The number of aromatic carboxylic acids is 1. The maximum absolute atomic E-state index is 11.3. The Balaban J connectivity index is 1.99. The highest BCUT2D eigenvalue weighted by molar-refractivity contribution is 7.71. The number of nitrogens with one attached hydrogen (secondary N) is 1. The average molecular weight is 382 g/mol. The van der Waals surface area contributed by atoms with Crippen LogP contribution >= 0.6 is 12.2 Å².